The number of nitrogens with one attached hydrogen (secondary N) is 1. The molecule has 1 N–H and O–H groups in total. The van der Waals surface area contributed by atoms with E-state index in [9.17, 15) is 0 Å². The van der Waals surface area contributed by atoms with Crippen LogP contribution in [0.5, 0.6) is 0 Å². The Hall–Kier alpha value is -1.11. The Morgan fingerprint density at radius 1 is 1.40 bits per heavy atom. The molecule has 0 amide bonds. The number of hydrogen-bond acceptors (Lipinski definition) is 4. The largest absolute Gasteiger partial charge is 0.385 e. The molecular formula is C19H33N3O2S. The molecule has 1 aromatic heterocycles. The van der Waals surface area contributed by atoms with Crippen LogP contribution < -0.4 is 5.32 Å². The van der Waals surface area contributed by atoms with Crippen LogP contribution in [0.2, 0.25) is 0 Å². The molecule has 25 heavy (non-hydrogen) atoms. The molecule has 0 radical (unpaired) electrons. The molecule has 0 spiro atoms. The molecule has 5 nitrogen and oxygen atoms in total. The highest BCUT2D eigenvalue weighted by Crippen LogP contribution is 2.16. The maximum atomic E-state index is 5.94. The molecule has 1 unspecified atom stereocenters. The van der Waals surface area contributed by atoms with E-state index in [0.29, 0.717) is 12.0 Å². The monoisotopic (exact) mass is 367 g/mol. The predicted molar refractivity (Wildman–Crippen MR) is 106 cm³/mol. The van der Waals surface area contributed by atoms with E-state index in [1.165, 1.54) is 4.88 Å². The molecule has 0 bridgehead atoms. The number of piperidine rings is 1. The summed E-state index contributed by atoms with van der Waals surface area (Å²) in [6, 6.07) is 4.34. The summed E-state index contributed by atoms with van der Waals surface area (Å²) in [5, 5.41) is 5.70. The standard InChI is InChI=1S/C19H33N3O2S/c1-16(14-18-6-4-13-25-18)15-21-19(20-2)22-9-7-17(8-10-22)24-12-5-11-23-3/h4,6,13,16-17H,5,7-12,14-15H2,1-3H3,(H,20,21). The molecule has 1 atom stereocenters. The minimum Gasteiger partial charge on any atom is -0.385 e. The van der Waals surface area contributed by atoms with Crippen molar-refractivity contribution in [2.45, 2.75) is 38.7 Å². The van der Waals surface area contributed by atoms with Gasteiger partial charge in [-0.2, -0.15) is 0 Å². The number of hydrogen-bond donors (Lipinski definition) is 1. The number of likely N-dealkylation sites (tertiary alicyclic amines) is 1. The normalized spacial score (nSPS) is 17.7. The van der Waals surface area contributed by atoms with Crippen LogP contribution in [0.15, 0.2) is 22.5 Å². The number of aliphatic imine (C=N–C) groups is 1. The number of thiophene rings is 1. The zero-order valence-electron chi connectivity index (χ0n) is 15.9. The highest BCUT2D eigenvalue weighted by atomic mass is 32.1. The molecule has 0 aliphatic carbocycles. The van der Waals surface area contributed by atoms with Crippen molar-refractivity contribution in [3.05, 3.63) is 22.4 Å². The molecule has 1 saturated heterocycles. The van der Waals surface area contributed by atoms with E-state index in [-0.39, 0.29) is 0 Å². The fraction of sp³-hybridized carbons (Fsp3) is 0.737. The third-order valence-electron chi connectivity index (χ3n) is 4.54. The minimum atomic E-state index is 0.379. The molecule has 6 heteroatoms. The van der Waals surface area contributed by atoms with E-state index in [1.54, 1.807) is 7.11 Å². The lowest BCUT2D eigenvalue weighted by Gasteiger charge is -2.34. The van der Waals surface area contributed by atoms with Gasteiger partial charge in [-0.3, -0.25) is 4.99 Å². The summed E-state index contributed by atoms with van der Waals surface area (Å²) < 4.78 is 11.0. The summed E-state index contributed by atoms with van der Waals surface area (Å²) in [7, 11) is 3.61. The second-order valence-corrected chi connectivity index (χ2v) is 7.75. The Morgan fingerprint density at radius 2 is 2.20 bits per heavy atom. The van der Waals surface area contributed by atoms with Crippen molar-refractivity contribution in [2.75, 3.05) is 47.0 Å². The molecular weight excluding hydrogens is 334 g/mol. The first-order chi connectivity index (χ1) is 12.2. The third kappa shape index (κ3) is 7.34. The van der Waals surface area contributed by atoms with Crippen molar-refractivity contribution in [1.82, 2.24) is 10.2 Å². The van der Waals surface area contributed by atoms with Crippen LogP contribution in [0.25, 0.3) is 0 Å². The van der Waals surface area contributed by atoms with Crippen LogP contribution >= 0.6 is 11.3 Å². The van der Waals surface area contributed by atoms with Crippen molar-refractivity contribution in [3.63, 3.8) is 0 Å². The van der Waals surface area contributed by atoms with E-state index < -0.39 is 0 Å². The molecule has 0 saturated carbocycles. The van der Waals surface area contributed by atoms with E-state index in [0.717, 1.165) is 64.5 Å². The Labute approximate surface area is 156 Å². The number of ether oxygens (including phenoxy) is 2. The first kappa shape index (κ1) is 20.2. The van der Waals surface area contributed by atoms with Crippen molar-refractivity contribution in [3.8, 4) is 0 Å². The average molecular weight is 368 g/mol. The van der Waals surface area contributed by atoms with Crippen LogP contribution in [0, 0.1) is 5.92 Å². The Morgan fingerprint density at radius 3 is 2.84 bits per heavy atom. The van der Waals surface area contributed by atoms with Gasteiger partial charge in [0.05, 0.1) is 6.10 Å². The van der Waals surface area contributed by atoms with Gasteiger partial charge in [-0.25, -0.2) is 0 Å². The third-order valence-corrected chi connectivity index (χ3v) is 5.44. The summed E-state index contributed by atoms with van der Waals surface area (Å²) >= 11 is 1.84. The summed E-state index contributed by atoms with van der Waals surface area (Å²) in [5.41, 5.74) is 0. The summed E-state index contributed by atoms with van der Waals surface area (Å²) in [6.07, 6.45) is 4.61. The molecule has 0 aromatic carbocycles. The molecule has 1 fully saturated rings. The first-order valence-electron chi connectivity index (χ1n) is 9.31. The zero-order chi connectivity index (χ0) is 17.9. The quantitative estimate of drug-likeness (QED) is 0.414. The minimum absolute atomic E-state index is 0.379. The van der Waals surface area contributed by atoms with E-state index in [1.807, 2.05) is 18.4 Å². The fourth-order valence-corrected chi connectivity index (χ4v) is 4.00. The van der Waals surface area contributed by atoms with Crippen molar-refractivity contribution in [1.29, 1.82) is 0 Å². The van der Waals surface area contributed by atoms with Crippen molar-refractivity contribution < 1.29 is 9.47 Å². The lowest BCUT2D eigenvalue weighted by Crippen LogP contribution is -2.48. The number of methoxy groups -OCH3 is 1. The maximum absolute atomic E-state index is 5.94. The zero-order valence-corrected chi connectivity index (χ0v) is 16.7. The van der Waals surface area contributed by atoms with Gasteiger partial charge in [0.25, 0.3) is 0 Å². The SMILES string of the molecule is CN=C(NCC(C)Cc1cccs1)N1CCC(OCCCOC)CC1. The summed E-state index contributed by atoms with van der Waals surface area (Å²) in [4.78, 5) is 8.28. The molecule has 1 aliphatic rings. The van der Waals surface area contributed by atoms with Gasteiger partial charge in [0.1, 0.15) is 0 Å². The van der Waals surface area contributed by atoms with Gasteiger partial charge in [-0.15, -0.1) is 11.3 Å². The smallest absolute Gasteiger partial charge is 0.193 e. The fourth-order valence-electron chi connectivity index (χ4n) is 3.13. The average Bonchev–Trinajstić information content (AvgIpc) is 3.13. The Bertz CT molecular complexity index is 485. The molecule has 1 aromatic rings. The van der Waals surface area contributed by atoms with Crippen molar-refractivity contribution in [2.24, 2.45) is 10.9 Å². The van der Waals surface area contributed by atoms with Crippen LogP contribution in [-0.2, 0) is 15.9 Å². The summed E-state index contributed by atoms with van der Waals surface area (Å²) in [5.74, 6) is 1.62. The van der Waals surface area contributed by atoms with Gasteiger partial charge in [0, 0.05) is 51.9 Å². The second-order valence-electron chi connectivity index (χ2n) is 6.72. The van der Waals surface area contributed by atoms with E-state index in [2.05, 4.69) is 39.6 Å². The first-order valence-corrected chi connectivity index (χ1v) is 10.2. The van der Waals surface area contributed by atoms with Gasteiger partial charge in [0.15, 0.2) is 5.96 Å². The van der Waals surface area contributed by atoms with Crippen molar-refractivity contribution >= 4 is 17.3 Å². The highest BCUT2D eigenvalue weighted by Gasteiger charge is 2.22. The topological polar surface area (TPSA) is 46.1 Å². The number of nitrogens with zero attached hydrogens (tertiary/aromatic N) is 2. The van der Waals surface area contributed by atoms with Gasteiger partial charge < -0.3 is 19.7 Å². The molecule has 1 aliphatic heterocycles. The van der Waals surface area contributed by atoms with Gasteiger partial charge in [-0.1, -0.05) is 13.0 Å². The number of guanidine groups is 1. The van der Waals surface area contributed by atoms with Crippen LogP contribution in [0.4, 0.5) is 0 Å². The maximum Gasteiger partial charge on any atom is 0.193 e. The Balaban J connectivity index is 1.66. The van der Waals surface area contributed by atoms with Crippen LogP contribution in [0.3, 0.4) is 0 Å². The second kappa shape index (κ2) is 11.5. The van der Waals surface area contributed by atoms with E-state index in [4.69, 9.17) is 9.47 Å². The van der Waals surface area contributed by atoms with Gasteiger partial charge in [-0.05, 0) is 43.0 Å². The lowest BCUT2D eigenvalue weighted by molar-refractivity contribution is 0.00989. The van der Waals surface area contributed by atoms with Gasteiger partial charge in [0.2, 0.25) is 0 Å². The summed E-state index contributed by atoms with van der Waals surface area (Å²) in [6.45, 7) is 6.84. The predicted octanol–water partition coefficient (Wildman–Crippen LogP) is 3.02. The van der Waals surface area contributed by atoms with Crippen LogP contribution in [-0.4, -0.2) is 64.0 Å². The van der Waals surface area contributed by atoms with Gasteiger partial charge >= 0.3 is 0 Å². The molecule has 2 heterocycles. The molecule has 2 rings (SSSR count). The number of rotatable bonds is 9. The Kier molecular flexibility index (Phi) is 9.29. The molecule has 142 valence electrons. The lowest BCUT2D eigenvalue weighted by atomic mass is 10.1. The van der Waals surface area contributed by atoms with Crippen LogP contribution in [0.1, 0.15) is 31.1 Å². The van der Waals surface area contributed by atoms with E-state index >= 15 is 0 Å². The highest BCUT2D eigenvalue weighted by molar-refractivity contribution is 7.09.